The number of carbonyl (C=O) groups is 1. The minimum absolute atomic E-state index is 0.00376. The van der Waals surface area contributed by atoms with E-state index >= 15 is 0 Å². The Morgan fingerprint density at radius 1 is 1.53 bits per heavy atom. The average molecular weight is 299 g/mol. The van der Waals surface area contributed by atoms with Crippen LogP contribution < -0.4 is 5.32 Å². The molecule has 0 bridgehead atoms. The molecule has 1 amide bonds. The van der Waals surface area contributed by atoms with Crippen molar-refractivity contribution < 1.29 is 4.79 Å². The second-order valence-corrected chi connectivity index (χ2v) is 5.23. The molecule has 2 rings (SSSR count). The van der Waals surface area contributed by atoms with E-state index in [4.69, 9.17) is 11.6 Å². The summed E-state index contributed by atoms with van der Waals surface area (Å²) in [5, 5.41) is 9.66. The Morgan fingerprint density at radius 2 is 2.42 bits per heavy atom. The van der Waals surface area contributed by atoms with E-state index in [1.165, 1.54) is 11.3 Å². The van der Waals surface area contributed by atoms with Gasteiger partial charge in [0.2, 0.25) is 5.91 Å². The highest BCUT2D eigenvalue weighted by molar-refractivity contribution is 7.09. The summed E-state index contributed by atoms with van der Waals surface area (Å²) in [7, 11) is 0. The summed E-state index contributed by atoms with van der Waals surface area (Å²) in [5.74, 6) is 0.387. The zero-order chi connectivity index (χ0) is 13.5. The van der Waals surface area contributed by atoms with Gasteiger partial charge in [-0.2, -0.15) is 5.10 Å². The number of aromatic nitrogens is 3. The number of nitrogens with one attached hydrogen (secondary N) is 1. The van der Waals surface area contributed by atoms with E-state index in [-0.39, 0.29) is 5.91 Å². The van der Waals surface area contributed by atoms with Crippen LogP contribution in [0.25, 0.3) is 0 Å². The molecular formula is C12H15ClN4OS. The molecule has 0 fully saturated rings. The largest absolute Gasteiger partial charge is 0.356 e. The molecule has 7 heteroatoms. The quantitative estimate of drug-likeness (QED) is 0.626. The van der Waals surface area contributed by atoms with E-state index in [0.717, 1.165) is 23.7 Å². The molecule has 5 nitrogen and oxygen atoms in total. The number of amides is 1. The Labute approximate surface area is 120 Å². The number of hydrogen-bond donors (Lipinski definition) is 1. The van der Waals surface area contributed by atoms with Gasteiger partial charge in [-0.1, -0.05) is 0 Å². The Bertz CT molecular complexity index is 512. The highest BCUT2D eigenvalue weighted by Crippen LogP contribution is 2.11. The summed E-state index contributed by atoms with van der Waals surface area (Å²) in [6.45, 7) is 1.45. The maximum atomic E-state index is 11.7. The molecule has 2 aromatic heterocycles. The van der Waals surface area contributed by atoms with Crippen LogP contribution in [-0.2, 0) is 23.6 Å². The van der Waals surface area contributed by atoms with Crippen molar-refractivity contribution in [3.63, 3.8) is 0 Å². The first-order valence-electron chi connectivity index (χ1n) is 6.01. The van der Waals surface area contributed by atoms with Crippen molar-refractivity contribution in [2.45, 2.75) is 25.3 Å². The fraction of sp³-hybridized carbons (Fsp3) is 0.417. The number of halogens is 1. The number of thiazole rings is 1. The van der Waals surface area contributed by atoms with Crippen molar-refractivity contribution >= 4 is 28.8 Å². The van der Waals surface area contributed by atoms with Crippen LogP contribution in [0, 0.1) is 0 Å². The Kier molecular flexibility index (Phi) is 5.35. The monoisotopic (exact) mass is 298 g/mol. The van der Waals surface area contributed by atoms with Gasteiger partial charge in [0.15, 0.2) is 0 Å². The highest BCUT2D eigenvalue weighted by atomic mass is 35.5. The molecule has 0 spiro atoms. The third kappa shape index (κ3) is 4.65. The number of nitrogens with zero attached hydrogens (tertiary/aromatic N) is 3. The first kappa shape index (κ1) is 14.0. The molecule has 0 aliphatic rings. The first-order valence-corrected chi connectivity index (χ1v) is 7.42. The van der Waals surface area contributed by atoms with Gasteiger partial charge in [-0.05, 0) is 12.5 Å². The lowest BCUT2D eigenvalue weighted by molar-refractivity contribution is -0.120. The van der Waals surface area contributed by atoms with Gasteiger partial charge in [-0.3, -0.25) is 9.48 Å². The number of alkyl halides is 1. The minimum atomic E-state index is -0.00376. The van der Waals surface area contributed by atoms with Crippen LogP contribution in [-0.4, -0.2) is 27.2 Å². The predicted molar refractivity (Wildman–Crippen MR) is 75.2 cm³/mol. The fourth-order valence-corrected chi connectivity index (χ4v) is 2.61. The number of hydrogen-bond acceptors (Lipinski definition) is 4. The maximum Gasteiger partial charge on any atom is 0.226 e. The lowest BCUT2D eigenvalue weighted by Gasteiger charge is -2.04. The average Bonchev–Trinajstić information content (AvgIpc) is 3.05. The van der Waals surface area contributed by atoms with E-state index in [9.17, 15) is 4.79 Å². The topological polar surface area (TPSA) is 59.8 Å². The maximum absolute atomic E-state index is 11.7. The molecule has 0 saturated carbocycles. The summed E-state index contributed by atoms with van der Waals surface area (Å²) in [4.78, 5) is 15.9. The molecule has 102 valence electrons. The molecular weight excluding hydrogens is 284 g/mol. The molecule has 2 heterocycles. The Morgan fingerprint density at radius 3 is 3.11 bits per heavy atom. The first-order chi connectivity index (χ1) is 9.28. The minimum Gasteiger partial charge on any atom is -0.356 e. The second kappa shape index (κ2) is 7.25. The van der Waals surface area contributed by atoms with Crippen LogP contribution in [0.3, 0.4) is 0 Å². The SMILES string of the molecule is O=C(Cc1nc(CCl)cs1)NCCCn1cccn1. The third-order valence-corrected chi connectivity index (χ3v) is 3.66. The molecule has 0 atom stereocenters. The third-order valence-electron chi connectivity index (χ3n) is 2.49. The van der Waals surface area contributed by atoms with Crippen LogP contribution in [0.2, 0.25) is 0 Å². The van der Waals surface area contributed by atoms with Crippen LogP contribution in [0.5, 0.6) is 0 Å². The lowest BCUT2D eigenvalue weighted by atomic mass is 10.3. The molecule has 0 radical (unpaired) electrons. The van der Waals surface area contributed by atoms with E-state index in [1.807, 2.05) is 22.3 Å². The van der Waals surface area contributed by atoms with Gasteiger partial charge in [-0.25, -0.2) is 4.98 Å². The van der Waals surface area contributed by atoms with Crippen LogP contribution in [0.4, 0.5) is 0 Å². The standard InChI is InChI=1S/C12H15ClN4OS/c13-8-10-9-19-12(16-10)7-11(18)14-3-1-5-17-6-2-4-15-17/h2,4,6,9H,1,3,5,7-8H2,(H,14,18). The van der Waals surface area contributed by atoms with Crippen molar-refractivity contribution in [1.29, 1.82) is 0 Å². The predicted octanol–water partition coefficient (Wildman–Crippen LogP) is 1.83. The van der Waals surface area contributed by atoms with Gasteiger partial charge in [0.25, 0.3) is 0 Å². The van der Waals surface area contributed by atoms with Gasteiger partial charge < -0.3 is 5.32 Å². The molecule has 0 aliphatic heterocycles. The summed E-state index contributed by atoms with van der Waals surface area (Å²) in [6.07, 6.45) is 4.84. The fourth-order valence-electron chi connectivity index (χ4n) is 1.59. The van der Waals surface area contributed by atoms with E-state index in [1.54, 1.807) is 6.20 Å². The van der Waals surface area contributed by atoms with E-state index < -0.39 is 0 Å². The van der Waals surface area contributed by atoms with Crippen molar-refractivity contribution in [3.8, 4) is 0 Å². The van der Waals surface area contributed by atoms with Crippen LogP contribution in [0.15, 0.2) is 23.8 Å². The van der Waals surface area contributed by atoms with Crippen molar-refractivity contribution in [3.05, 3.63) is 34.5 Å². The summed E-state index contributed by atoms with van der Waals surface area (Å²) < 4.78 is 1.85. The lowest BCUT2D eigenvalue weighted by Crippen LogP contribution is -2.26. The smallest absolute Gasteiger partial charge is 0.226 e. The number of carbonyl (C=O) groups excluding carboxylic acids is 1. The van der Waals surface area contributed by atoms with E-state index in [0.29, 0.717) is 18.8 Å². The summed E-state index contributed by atoms with van der Waals surface area (Å²) >= 11 is 7.13. The van der Waals surface area contributed by atoms with Gasteiger partial charge in [0, 0.05) is 30.9 Å². The number of rotatable bonds is 7. The summed E-state index contributed by atoms with van der Waals surface area (Å²) in [6, 6.07) is 1.88. The van der Waals surface area contributed by atoms with Crippen LogP contribution >= 0.6 is 22.9 Å². The van der Waals surface area contributed by atoms with Gasteiger partial charge >= 0.3 is 0 Å². The van der Waals surface area contributed by atoms with Crippen molar-refractivity contribution in [2.24, 2.45) is 0 Å². The molecule has 19 heavy (non-hydrogen) atoms. The second-order valence-electron chi connectivity index (χ2n) is 4.02. The van der Waals surface area contributed by atoms with Gasteiger partial charge in [0.05, 0.1) is 18.0 Å². The van der Waals surface area contributed by atoms with Crippen molar-refractivity contribution in [2.75, 3.05) is 6.54 Å². The number of aryl methyl sites for hydroxylation is 1. The summed E-state index contributed by atoms with van der Waals surface area (Å²) in [5.41, 5.74) is 0.827. The zero-order valence-corrected chi connectivity index (χ0v) is 12.0. The molecule has 2 aromatic rings. The van der Waals surface area contributed by atoms with Gasteiger partial charge in [-0.15, -0.1) is 22.9 Å². The highest BCUT2D eigenvalue weighted by Gasteiger charge is 2.07. The molecule has 0 saturated heterocycles. The molecule has 0 aliphatic carbocycles. The van der Waals surface area contributed by atoms with E-state index in [2.05, 4.69) is 15.4 Å². The molecule has 0 unspecified atom stereocenters. The normalized spacial score (nSPS) is 10.6. The Balaban J connectivity index is 1.64. The Hall–Kier alpha value is -1.40. The van der Waals surface area contributed by atoms with Crippen molar-refractivity contribution in [1.82, 2.24) is 20.1 Å². The molecule has 0 aromatic carbocycles. The van der Waals surface area contributed by atoms with Gasteiger partial charge in [0.1, 0.15) is 5.01 Å². The zero-order valence-electron chi connectivity index (χ0n) is 10.4. The molecule has 1 N–H and O–H groups in total. The van der Waals surface area contributed by atoms with Crippen LogP contribution in [0.1, 0.15) is 17.1 Å².